The minimum Gasteiger partial charge on any atom is -0.335 e. The summed E-state index contributed by atoms with van der Waals surface area (Å²) in [4.78, 5) is 11.3. The molecule has 358 valence electrons. The van der Waals surface area contributed by atoms with Gasteiger partial charge in [0.1, 0.15) is 5.82 Å². The van der Waals surface area contributed by atoms with Gasteiger partial charge in [-0.25, -0.2) is 4.98 Å². The van der Waals surface area contributed by atoms with Gasteiger partial charge in [0.15, 0.2) is 0 Å². The summed E-state index contributed by atoms with van der Waals surface area (Å²) in [6.07, 6.45) is 7.25. The lowest BCUT2D eigenvalue weighted by Gasteiger charge is -2.53. The first-order valence-electron chi connectivity index (χ1n) is 26.7. The van der Waals surface area contributed by atoms with Gasteiger partial charge in [0.25, 0.3) is 6.71 Å². The minimum atomic E-state index is -0.0858. The second kappa shape index (κ2) is 14.5. The number of aromatic nitrogens is 2. The Balaban J connectivity index is 1.23. The quantitative estimate of drug-likeness (QED) is 0.165. The van der Waals surface area contributed by atoms with Crippen LogP contribution < -0.4 is 26.2 Å². The van der Waals surface area contributed by atoms with Gasteiger partial charge >= 0.3 is 0 Å². The van der Waals surface area contributed by atoms with Crippen LogP contribution in [-0.4, -0.2) is 21.8 Å². The molecule has 0 saturated heterocycles. The summed E-state index contributed by atoms with van der Waals surface area (Å²) in [5.41, 5.74) is 24.2. The molecule has 4 heterocycles. The second-order valence-corrected chi connectivity index (χ2v) is 27.1. The zero-order valence-electron chi connectivity index (χ0n) is 45.0. The molecule has 2 unspecified atom stereocenters. The molecule has 0 amide bonds. The van der Waals surface area contributed by atoms with E-state index in [0.29, 0.717) is 0 Å². The summed E-state index contributed by atoms with van der Waals surface area (Å²) < 4.78 is 2.44. The Morgan fingerprint density at radius 3 is 1.87 bits per heavy atom. The fraction of sp³-hybridized carbons (Fsp3) is 0.431. The number of nitrogens with zero attached hydrogens (tertiary/aromatic N) is 4. The lowest BCUT2D eigenvalue weighted by molar-refractivity contribution is 0.193. The Morgan fingerprint density at radius 1 is 0.543 bits per heavy atom. The smallest absolute Gasteiger partial charge is 0.252 e. The van der Waals surface area contributed by atoms with Gasteiger partial charge < -0.3 is 9.80 Å². The highest BCUT2D eigenvalue weighted by molar-refractivity contribution is 7.00. The molecule has 2 aliphatic carbocycles. The Labute approximate surface area is 420 Å². The van der Waals surface area contributed by atoms with Gasteiger partial charge in [0, 0.05) is 45.1 Å². The molecule has 5 heteroatoms. The Bertz CT molecular complexity index is 3310. The molecule has 1 saturated carbocycles. The van der Waals surface area contributed by atoms with Gasteiger partial charge in [-0.2, -0.15) is 0 Å². The van der Waals surface area contributed by atoms with Crippen molar-refractivity contribution in [3.05, 3.63) is 143 Å². The summed E-state index contributed by atoms with van der Waals surface area (Å²) in [6.45, 7) is 36.6. The molecule has 3 aliphatic heterocycles. The SMILES string of the molecule is CC(C)(C)c1ccc(-c2nc3cc4c(cc3n2-c2ccccc2)B2c3ccc(C(C)(C)C)c5c3N(c3cc(C(C)(C)C)cc(c32)N4c2ccc3c(c2)C(C)(C)CCC3(C)C)C2(C)CCCCC52C)cc1. The maximum absolute atomic E-state index is 5.71. The molecular formula is C65H75BN4. The van der Waals surface area contributed by atoms with Gasteiger partial charge in [-0.1, -0.05) is 170 Å². The number of benzene rings is 6. The highest BCUT2D eigenvalue weighted by Crippen LogP contribution is 2.64. The summed E-state index contributed by atoms with van der Waals surface area (Å²) in [5, 5.41) is 0. The lowest BCUT2D eigenvalue weighted by atomic mass is 9.33. The van der Waals surface area contributed by atoms with Gasteiger partial charge in [-0.3, -0.25) is 4.57 Å². The molecule has 2 atom stereocenters. The number of hydrogen-bond acceptors (Lipinski definition) is 3. The van der Waals surface area contributed by atoms with Crippen LogP contribution in [0.3, 0.4) is 0 Å². The number of hydrogen-bond donors (Lipinski definition) is 0. The van der Waals surface area contributed by atoms with Crippen LogP contribution in [0, 0.1) is 0 Å². The van der Waals surface area contributed by atoms with E-state index in [1.807, 2.05) is 0 Å². The van der Waals surface area contributed by atoms with Crippen LogP contribution in [0.2, 0.25) is 0 Å². The van der Waals surface area contributed by atoms with Crippen molar-refractivity contribution < 1.29 is 0 Å². The summed E-state index contributed by atoms with van der Waals surface area (Å²) >= 11 is 0. The van der Waals surface area contributed by atoms with E-state index in [-0.39, 0.29) is 44.7 Å². The molecule has 70 heavy (non-hydrogen) atoms. The van der Waals surface area contributed by atoms with Gasteiger partial charge in [-0.15, -0.1) is 0 Å². The van der Waals surface area contributed by atoms with Crippen LogP contribution in [0.25, 0.3) is 28.1 Å². The largest absolute Gasteiger partial charge is 0.335 e. The predicted molar refractivity (Wildman–Crippen MR) is 300 cm³/mol. The zero-order valence-corrected chi connectivity index (χ0v) is 45.0. The van der Waals surface area contributed by atoms with E-state index in [1.165, 1.54) is 111 Å². The number of fused-ring (bicyclic) bond motifs is 9. The van der Waals surface area contributed by atoms with E-state index in [4.69, 9.17) is 4.98 Å². The van der Waals surface area contributed by atoms with Crippen molar-refractivity contribution in [1.29, 1.82) is 0 Å². The summed E-state index contributed by atoms with van der Waals surface area (Å²) in [5.74, 6) is 0.969. The van der Waals surface area contributed by atoms with Crippen LogP contribution in [0.1, 0.15) is 176 Å². The molecular weight excluding hydrogens is 848 g/mol. The van der Waals surface area contributed by atoms with Crippen molar-refractivity contribution in [2.24, 2.45) is 0 Å². The average molecular weight is 923 g/mol. The fourth-order valence-electron chi connectivity index (χ4n) is 14.2. The Kier molecular flexibility index (Phi) is 9.47. The van der Waals surface area contributed by atoms with Crippen molar-refractivity contribution in [2.75, 3.05) is 9.80 Å². The fourth-order valence-corrected chi connectivity index (χ4v) is 14.2. The van der Waals surface area contributed by atoms with Crippen molar-refractivity contribution in [1.82, 2.24) is 9.55 Å². The van der Waals surface area contributed by atoms with E-state index in [2.05, 4.69) is 227 Å². The van der Waals surface area contributed by atoms with Crippen molar-refractivity contribution in [3.63, 3.8) is 0 Å². The third-order valence-electron chi connectivity index (χ3n) is 18.6. The first kappa shape index (κ1) is 45.6. The number of para-hydroxylation sites is 1. The molecule has 1 aromatic heterocycles. The second-order valence-electron chi connectivity index (χ2n) is 27.1. The average Bonchev–Trinajstić information content (AvgIpc) is 3.78. The van der Waals surface area contributed by atoms with E-state index >= 15 is 0 Å². The molecule has 1 fully saturated rings. The van der Waals surface area contributed by atoms with Crippen LogP contribution in [0.5, 0.6) is 0 Å². The third kappa shape index (κ3) is 6.30. The van der Waals surface area contributed by atoms with Gasteiger partial charge in [0.05, 0.1) is 16.6 Å². The molecule has 6 aromatic carbocycles. The van der Waals surface area contributed by atoms with Crippen LogP contribution in [0.4, 0.5) is 28.4 Å². The molecule has 0 spiro atoms. The van der Waals surface area contributed by atoms with E-state index < -0.39 is 0 Å². The van der Waals surface area contributed by atoms with Gasteiger partial charge in [-0.05, 0) is 158 Å². The molecule has 0 bridgehead atoms. The lowest BCUT2D eigenvalue weighted by Crippen LogP contribution is -2.64. The number of rotatable bonds is 3. The van der Waals surface area contributed by atoms with Crippen LogP contribution in [-0.2, 0) is 32.5 Å². The molecule has 12 rings (SSSR count). The van der Waals surface area contributed by atoms with Gasteiger partial charge in [0.2, 0.25) is 0 Å². The third-order valence-corrected chi connectivity index (χ3v) is 18.6. The highest BCUT2D eigenvalue weighted by Gasteiger charge is 2.62. The molecule has 5 aliphatic rings. The summed E-state index contributed by atoms with van der Waals surface area (Å²) in [6, 6.07) is 43.0. The van der Waals surface area contributed by atoms with Crippen molar-refractivity contribution in [3.8, 4) is 17.1 Å². The maximum atomic E-state index is 5.71. The number of anilines is 5. The van der Waals surface area contributed by atoms with E-state index in [9.17, 15) is 0 Å². The number of imidazole rings is 1. The van der Waals surface area contributed by atoms with Crippen molar-refractivity contribution in [2.45, 2.75) is 180 Å². The molecule has 4 nitrogen and oxygen atoms in total. The normalized spacial score (nSPS) is 21.8. The highest BCUT2D eigenvalue weighted by atomic mass is 15.3. The standard InChI is InChI=1S/C65H75BN4/c1-59(2,3)41-25-23-40(24-26-41)58-67-50-39-51-49(38-52(50)69(58)43-21-17-16-18-22-43)66-48-30-29-46(61(7,8)9)55-57(48)70(65(15)32-20-19-31-64(55,65)14)54-36-42(60(4,5)6)35-53(56(54)66)68(51)44-27-28-45-47(37-44)63(12,13)34-33-62(45,10)11/h16-18,21-30,35-39H,19-20,31-34H2,1-15H3. The molecule has 7 aromatic rings. The van der Waals surface area contributed by atoms with Crippen molar-refractivity contribution >= 4 is 62.6 Å². The van der Waals surface area contributed by atoms with Crippen LogP contribution >= 0.6 is 0 Å². The zero-order chi connectivity index (χ0) is 49.5. The van der Waals surface area contributed by atoms with E-state index in [0.717, 1.165) is 28.1 Å². The monoisotopic (exact) mass is 923 g/mol. The summed E-state index contributed by atoms with van der Waals surface area (Å²) in [7, 11) is 0. The first-order valence-corrected chi connectivity index (χ1v) is 26.7. The Hall–Kier alpha value is -5.55. The maximum Gasteiger partial charge on any atom is 0.252 e. The van der Waals surface area contributed by atoms with E-state index in [1.54, 1.807) is 5.56 Å². The molecule has 0 radical (unpaired) electrons. The predicted octanol–water partition coefficient (Wildman–Crippen LogP) is 15.3. The first-order chi connectivity index (χ1) is 32.8. The topological polar surface area (TPSA) is 24.3 Å². The van der Waals surface area contributed by atoms with Crippen LogP contribution in [0.15, 0.2) is 109 Å². The Morgan fingerprint density at radius 2 is 1.20 bits per heavy atom. The minimum absolute atomic E-state index is 0.00761. The molecule has 0 N–H and O–H groups in total.